The van der Waals surface area contributed by atoms with E-state index in [1.807, 2.05) is 0 Å². The van der Waals surface area contributed by atoms with Gasteiger partial charge in [-0.15, -0.1) is 0 Å². The summed E-state index contributed by atoms with van der Waals surface area (Å²) >= 11 is 5.77. The molecule has 24 heavy (non-hydrogen) atoms. The normalized spacial score (nSPS) is 10.4. The summed E-state index contributed by atoms with van der Waals surface area (Å²) in [7, 11) is 0. The van der Waals surface area contributed by atoms with Crippen molar-refractivity contribution in [1.29, 1.82) is 0 Å². The van der Waals surface area contributed by atoms with Crippen molar-refractivity contribution in [1.82, 2.24) is 15.0 Å². The van der Waals surface area contributed by atoms with Crippen molar-refractivity contribution in [3.63, 3.8) is 0 Å². The Morgan fingerprint density at radius 2 is 2.08 bits per heavy atom. The van der Waals surface area contributed by atoms with Gasteiger partial charge >= 0.3 is 0 Å². The molecule has 120 valence electrons. The number of anilines is 2. The maximum atomic E-state index is 13.3. The van der Waals surface area contributed by atoms with Crippen LogP contribution >= 0.6 is 11.6 Å². The van der Waals surface area contributed by atoms with Gasteiger partial charge in [0.2, 0.25) is 0 Å². The number of halogens is 2. The fraction of sp³-hybridized carbons (Fsp3) is 0. The van der Waals surface area contributed by atoms with Gasteiger partial charge in [0.25, 0.3) is 5.91 Å². The number of rotatable bonds is 3. The number of carbonyl (C=O) groups is 1. The molecule has 0 atom stereocenters. The average molecular weight is 344 g/mol. The third-order valence-corrected chi connectivity index (χ3v) is 3.44. The smallest absolute Gasteiger partial charge is 0.278 e. The van der Waals surface area contributed by atoms with E-state index in [1.165, 1.54) is 30.6 Å². The Morgan fingerprint density at radius 3 is 2.79 bits per heavy atom. The molecule has 0 unspecified atom stereocenters. The van der Waals surface area contributed by atoms with Gasteiger partial charge in [-0.3, -0.25) is 9.78 Å². The van der Waals surface area contributed by atoms with E-state index in [-0.39, 0.29) is 16.5 Å². The molecule has 8 heteroatoms. The molecule has 0 saturated carbocycles. The minimum atomic E-state index is -0.543. The standard InChI is InChI=1S/C16H11ClFN5O/c17-11-6-9(3-4-12(11)18)13-8-21-15(19)14(23-13)16(24)22-10-2-1-5-20-7-10/h1-8H,(H2,19,21)(H,22,24). The number of hydrogen-bond donors (Lipinski definition) is 2. The second-order valence-corrected chi connectivity index (χ2v) is 5.22. The maximum absolute atomic E-state index is 13.3. The SMILES string of the molecule is Nc1ncc(-c2ccc(F)c(Cl)c2)nc1C(=O)Nc1cccnc1. The quantitative estimate of drug-likeness (QED) is 0.761. The van der Waals surface area contributed by atoms with E-state index in [2.05, 4.69) is 20.3 Å². The molecule has 3 N–H and O–H groups in total. The molecule has 2 aromatic heterocycles. The van der Waals surface area contributed by atoms with Crippen LogP contribution in [0.3, 0.4) is 0 Å². The van der Waals surface area contributed by atoms with Crippen LogP contribution in [-0.4, -0.2) is 20.9 Å². The van der Waals surface area contributed by atoms with Gasteiger partial charge in [0, 0.05) is 11.8 Å². The molecule has 0 fully saturated rings. The largest absolute Gasteiger partial charge is 0.382 e. The molecule has 0 bridgehead atoms. The first-order valence-electron chi connectivity index (χ1n) is 6.84. The van der Waals surface area contributed by atoms with Crippen LogP contribution in [-0.2, 0) is 0 Å². The molecule has 0 aliphatic heterocycles. The maximum Gasteiger partial charge on any atom is 0.278 e. The minimum absolute atomic E-state index is 0.0200. The number of nitrogens with one attached hydrogen (secondary N) is 1. The van der Waals surface area contributed by atoms with E-state index < -0.39 is 11.7 Å². The molecule has 1 amide bonds. The summed E-state index contributed by atoms with van der Waals surface area (Å²) in [6, 6.07) is 7.47. The molecule has 0 aliphatic rings. The van der Waals surface area contributed by atoms with Crippen molar-refractivity contribution in [2.45, 2.75) is 0 Å². The van der Waals surface area contributed by atoms with Gasteiger partial charge in [-0.05, 0) is 30.3 Å². The van der Waals surface area contributed by atoms with Gasteiger partial charge < -0.3 is 11.1 Å². The number of carbonyl (C=O) groups excluding carboxylic acids is 1. The second kappa shape index (κ2) is 6.59. The van der Waals surface area contributed by atoms with Crippen LogP contribution in [0.25, 0.3) is 11.3 Å². The van der Waals surface area contributed by atoms with Crippen molar-refractivity contribution in [3.8, 4) is 11.3 Å². The van der Waals surface area contributed by atoms with Crippen molar-refractivity contribution in [2.75, 3.05) is 11.1 Å². The number of nitrogens with zero attached hydrogens (tertiary/aromatic N) is 3. The number of hydrogen-bond acceptors (Lipinski definition) is 5. The Morgan fingerprint density at radius 1 is 1.25 bits per heavy atom. The molecule has 1 aromatic carbocycles. The molecule has 3 aromatic rings. The summed E-state index contributed by atoms with van der Waals surface area (Å²) in [6.45, 7) is 0. The molecule has 0 radical (unpaired) electrons. The first kappa shape index (κ1) is 15.8. The molecule has 3 rings (SSSR count). The van der Waals surface area contributed by atoms with E-state index in [0.717, 1.165) is 0 Å². The highest BCUT2D eigenvalue weighted by Crippen LogP contribution is 2.24. The van der Waals surface area contributed by atoms with E-state index in [4.69, 9.17) is 17.3 Å². The van der Waals surface area contributed by atoms with E-state index in [9.17, 15) is 9.18 Å². The van der Waals surface area contributed by atoms with Crippen LogP contribution in [0, 0.1) is 5.82 Å². The summed E-state index contributed by atoms with van der Waals surface area (Å²) in [4.78, 5) is 24.4. The van der Waals surface area contributed by atoms with Gasteiger partial charge in [-0.25, -0.2) is 14.4 Å². The zero-order chi connectivity index (χ0) is 17.1. The lowest BCUT2D eigenvalue weighted by molar-refractivity contribution is 0.102. The predicted octanol–water partition coefficient (Wildman–Crippen LogP) is 3.17. The molecule has 0 spiro atoms. The Kier molecular flexibility index (Phi) is 4.35. The molecule has 0 saturated heterocycles. The minimum Gasteiger partial charge on any atom is -0.382 e. The highest BCUT2D eigenvalue weighted by molar-refractivity contribution is 6.31. The van der Waals surface area contributed by atoms with Crippen LogP contribution in [0.5, 0.6) is 0 Å². The summed E-state index contributed by atoms with van der Waals surface area (Å²) in [5.41, 5.74) is 7.06. The van der Waals surface area contributed by atoms with E-state index >= 15 is 0 Å². The second-order valence-electron chi connectivity index (χ2n) is 4.81. The summed E-state index contributed by atoms with van der Waals surface area (Å²) in [6.07, 6.45) is 4.47. The molecular weight excluding hydrogens is 333 g/mol. The highest BCUT2D eigenvalue weighted by atomic mass is 35.5. The van der Waals surface area contributed by atoms with Crippen molar-refractivity contribution >= 4 is 29.0 Å². The number of amides is 1. The van der Waals surface area contributed by atoms with Crippen molar-refractivity contribution < 1.29 is 9.18 Å². The molecule has 6 nitrogen and oxygen atoms in total. The molecular formula is C16H11ClFN5O. The fourth-order valence-corrected chi connectivity index (χ4v) is 2.17. The van der Waals surface area contributed by atoms with Crippen LogP contribution in [0.4, 0.5) is 15.9 Å². The first-order chi connectivity index (χ1) is 11.5. The van der Waals surface area contributed by atoms with Gasteiger partial charge in [0.05, 0.1) is 28.8 Å². The monoisotopic (exact) mass is 343 g/mol. The van der Waals surface area contributed by atoms with Crippen LogP contribution in [0.1, 0.15) is 10.5 Å². The number of nitrogen functional groups attached to an aromatic ring is 1. The highest BCUT2D eigenvalue weighted by Gasteiger charge is 2.15. The van der Waals surface area contributed by atoms with Crippen LogP contribution < -0.4 is 11.1 Å². The lowest BCUT2D eigenvalue weighted by Crippen LogP contribution is -2.17. The lowest BCUT2D eigenvalue weighted by Gasteiger charge is -2.08. The zero-order valence-corrected chi connectivity index (χ0v) is 13.0. The molecule has 0 aliphatic carbocycles. The number of pyridine rings is 1. The zero-order valence-electron chi connectivity index (χ0n) is 12.2. The number of aromatic nitrogens is 3. The van der Waals surface area contributed by atoms with Gasteiger partial charge in [0.1, 0.15) is 5.82 Å². The van der Waals surface area contributed by atoms with Gasteiger partial charge in [-0.1, -0.05) is 11.6 Å². The van der Waals surface area contributed by atoms with Gasteiger partial charge in [-0.2, -0.15) is 0 Å². The Balaban J connectivity index is 1.94. The predicted molar refractivity (Wildman–Crippen MR) is 89.0 cm³/mol. The summed E-state index contributed by atoms with van der Waals surface area (Å²) < 4.78 is 13.3. The average Bonchev–Trinajstić information content (AvgIpc) is 2.58. The lowest BCUT2D eigenvalue weighted by atomic mass is 10.1. The van der Waals surface area contributed by atoms with Gasteiger partial charge in [0.15, 0.2) is 11.5 Å². The molecule has 2 heterocycles. The summed E-state index contributed by atoms with van der Waals surface area (Å²) in [5.74, 6) is -1.09. The Labute approximate surface area is 141 Å². The van der Waals surface area contributed by atoms with Crippen molar-refractivity contribution in [3.05, 3.63) is 65.5 Å². The first-order valence-corrected chi connectivity index (χ1v) is 7.21. The number of nitrogens with two attached hydrogens (primary N) is 1. The fourth-order valence-electron chi connectivity index (χ4n) is 1.99. The Hall–Kier alpha value is -3.06. The third kappa shape index (κ3) is 3.31. The van der Waals surface area contributed by atoms with Crippen LogP contribution in [0.15, 0.2) is 48.9 Å². The number of benzene rings is 1. The third-order valence-electron chi connectivity index (χ3n) is 3.15. The van der Waals surface area contributed by atoms with Crippen LogP contribution in [0.2, 0.25) is 5.02 Å². The topological polar surface area (TPSA) is 93.8 Å². The van der Waals surface area contributed by atoms with E-state index in [1.54, 1.807) is 18.3 Å². The summed E-state index contributed by atoms with van der Waals surface area (Å²) in [5, 5.41) is 2.58. The Bertz CT molecular complexity index is 904. The van der Waals surface area contributed by atoms with E-state index in [0.29, 0.717) is 16.9 Å². The van der Waals surface area contributed by atoms with Crippen molar-refractivity contribution in [2.24, 2.45) is 0 Å².